The summed E-state index contributed by atoms with van der Waals surface area (Å²) in [4.78, 5) is 33.6. The van der Waals surface area contributed by atoms with Gasteiger partial charge in [-0.25, -0.2) is 4.57 Å². The predicted molar refractivity (Wildman–Crippen MR) is 258 cm³/mol. The fraction of sp³-hybridized carbons (Fsp3) is 0.647. The predicted octanol–water partition coefficient (Wildman–Crippen LogP) is 13.7. The minimum Gasteiger partial charge on any atom is -0.480 e. The largest absolute Gasteiger partial charge is 0.480 e. The van der Waals surface area contributed by atoms with Crippen molar-refractivity contribution in [3.05, 3.63) is 97.2 Å². The molecule has 4 N–H and O–H groups in total. The van der Waals surface area contributed by atoms with Crippen LogP contribution in [0.15, 0.2) is 97.2 Å². The molecular weight excluding hydrogens is 802 g/mol. The van der Waals surface area contributed by atoms with E-state index in [1.807, 2.05) is 6.08 Å². The van der Waals surface area contributed by atoms with E-state index in [0.29, 0.717) is 19.4 Å². The third-order valence-corrected chi connectivity index (χ3v) is 10.5. The molecule has 0 fully saturated rings. The van der Waals surface area contributed by atoms with Crippen molar-refractivity contribution >= 4 is 19.8 Å². The third-order valence-electron chi connectivity index (χ3n) is 9.60. The molecule has 0 aliphatic carbocycles. The fourth-order valence-corrected chi connectivity index (χ4v) is 6.72. The van der Waals surface area contributed by atoms with Gasteiger partial charge in [0.2, 0.25) is 0 Å². The van der Waals surface area contributed by atoms with Crippen LogP contribution in [-0.2, 0) is 32.7 Å². The summed E-state index contributed by atoms with van der Waals surface area (Å²) >= 11 is 0. The van der Waals surface area contributed by atoms with Gasteiger partial charge in [-0.1, -0.05) is 175 Å². The van der Waals surface area contributed by atoms with Crippen molar-refractivity contribution in [2.45, 2.75) is 187 Å². The van der Waals surface area contributed by atoms with Crippen LogP contribution in [0.5, 0.6) is 0 Å². The van der Waals surface area contributed by atoms with E-state index in [4.69, 9.17) is 29.4 Å². The molecule has 0 bridgehead atoms. The Bertz CT molecular complexity index is 1350. The molecule has 0 aromatic carbocycles. The minimum atomic E-state index is -4.64. The number of hydrogen-bond acceptors (Lipinski definition) is 8. The number of hydrogen-bond donors (Lipinski definition) is 3. The molecular formula is C51H86NO9P. The molecule has 0 radical (unpaired) electrons. The Hall–Kier alpha value is -3.11. The van der Waals surface area contributed by atoms with Gasteiger partial charge in [0.1, 0.15) is 12.1 Å². The van der Waals surface area contributed by atoms with Crippen LogP contribution < -0.4 is 5.73 Å². The highest BCUT2D eigenvalue weighted by Gasteiger charge is 2.27. The number of carboxylic acid groups (broad SMARTS) is 1. The van der Waals surface area contributed by atoms with E-state index in [0.717, 1.165) is 70.6 Å². The van der Waals surface area contributed by atoms with Crippen molar-refractivity contribution in [3.63, 3.8) is 0 Å². The Labute approximate surface area is 377 Å². The smallest absolute Gasteiger partial charge is 0.472 e. The van der Waals surface area contributed by atoms with Gasteiger partial charge in [0.05, 0.1) is 19.8 Å². The number of nitrogens with two attached hydrogens (primary N) is 1. The summed E-state index contributed by atoms with van der Waals surface area (Å²) in [6.07, 6.45) is 60.4. The lowest BCUT2D eigenvalue weighted by molar-refractivity contribution is -0.154. The highest BCUT2D eigenvalue weighted by atomic mass is 31.2. The maximum absolute atomic E-state index is 12.7. The number of aliphatic carboxylic acids is 1. The second kappa shape index (κ2) is 45.9. The SMILES string of the molecule is CC/C=C\C/C=C\C/C=C\C/C=C\C/C=C\C/C=C\C/C=C\CCCC(=O)OC(COCCCCCCCC/C=C\CCCCCCCCC)COP(=O)(O)OCC(N)C(=O)O. The van der Waals surface area contributed by atoms with Gasteiger partial charge in [0.15, 0.2) is 0 Å². The van der Waals surface area contributed by atoms with Gasteiger partial charge >= 0.3 is 19.8 Å². The monoisotopic (exact) mass is 888 g/mol. The summed E-state index contributed by atoms with van der Waals surface area (Å²) in [5.41, 5.74) is 5.36. The molecule has 10 nitrogen and oxygen atoms in total. The molecule has 0 rings (SSSR count). The van der Waals surface area contributed by atoms with Crippen LogP contribution in [-0.4, -0.2) is 60.5 Å². The number of phosphoric acid groups is 1. The Balaban J connectivity index is 4.34. The van der Waals surface area contributed by atoms with E-state index in [1.165, 1.54) is 70.6 Å². The number of allylic oxidation sites excluding steroid dienone is 16. The first-order valence-corrected chi connectivity index (χ1v) is 25.3. The zero-order valence-corrected chi connectivity index (χ0v) is 39.6. The molecule has 0 aromatic heterocycles. The number of esters is 1. The lowest BCUT2D eigenvalue weighted by Crippen LogP contribution is -2.34. The zero-order chi connectivity index (χ0) is 45.5. The first-order valence-electron chi connectivity index (χ1n) is 23.8. The van der Waals surface area contributed by atoms with Gasteiger partial charge in [0, 0.05) is 13.0 Å². The Morgan fingerprint density at radius 2 is 0.935 bits per heavy atom. The molecule has 0 aliphatic heterocycles. The zero-order valence-electron chi connectivity index (χ0n) is 38.7. The molecule has 354 valence electrons. The second-order valence-corrected chi connectivity index (χ2v) is 17.0. The second-order valence-electron chi connectivity index (χ2n) is 15.5. The lowest BCUT2D eigenvalue weighted by Gasteiger charge is -2.20. The van der Waals surface area contributed by atoms with E-state index in [1.54, 1.807) is 0 Å². The number of rotatable bonds is 44. The standard InChI is InChI=1S/C51H86NO9P/c1-3-5-7-9-11-13-15-17-19-21-22-23-24-25-26-27-29-31-33-35-37-39-41-43-50(53)61-48(46-59-62(56,57)60-47-49(52)51(54)55)45-58-44-42-40-38-36-34-32-30-28-20-18-16-14-12-10-8-6-4-2/h5,7,11,13,17,19-20,22-23,25-26,28-29,31,35,37,48-49H,3-4,6,8-10,12,14-16,18,21,24,27,30,32-34,36,38-47,52H2,1-2H3,(H,54,55)(H,56,57)/b7-5-,13-11-,19-17-,23-22-,26-25-,28-20-,31-29-,37-35-. The van der Waals surface area contributed by atoms with E-state index in [-0.39, 0.29) is 13.0 Å². The number of unbranched alkanes of at least 4 members (excludes halogenated alkanes) is 14. The Morgan fingerprint density at radius 3 is 1.42 bits per heavy atom. The van der Waals surface area contributed by atoms with Crippen LogP contribution >= 0.6 is 7.82 Å². The molecule has 0 aliphatic rings. The molecule has 0 saturated carbocycles. The van der Waals surface area contributed by atoms with Crippen LogP contribution in [0, 0.1) is 0 Å². The Kier molecular flexibility index (Phi) is 43.6. The van der Waals surface area contributed by atoms with Gasteiger partial charge in [-0.3, -0.25) is 18.6 Å². The molecule has 0 heterocycles. The molecule has 3 unspecified atom stereocenters. The van der Waals surface area contributed by atoms with Crippen molar-refractivity contribution in [1.82, 2.24) is 0 Å². The first-order chi connectivity index (χ1) is 30.2. The van der Waals surface area contributed by atoms with Gasteiger partial charge in [-0.2, -0.15) is 0 Å². The number of carbonyl (C=O) groups excluding carboxylic acids is 1. The van der Waals surface area contributed by atoms with Crippen LogP contribution in [0.1, 0.15) is 174 Å². The van der Waals surface area contributed by atoms with Gasteiger partial charge in [0.25, 0.3) is 0 Å². The maximum Gasteiger partial charge on any atom is 0.472 e. The fourth-order valence-electron chi connectivity index (χ4n) is 5.94. The van der Waals surface area contributed by atoms with Crippen molar-refractivity contribution in [2.24, 2.45) is 5.73 Å². The quantitative estimate of drug-likeness (QED) is 0.0233. The van der Waals surface area contributed by atoms with Crippen molar-refractivity contribution in [3.8, 4) is 0 Å². The minimum absolute atomic E-state index is 0.0164. The number of carbonyl (C=O) groups is 2. The summed E-state index contributed by atoms with van der Waals surface area (Å²) in [6, 6.07) is -1.49. The summed E-state index contributed by atoms with van der Waals surface area (Å²) in [5.74, 6) is -1.85. The average Bonchev–Trinajstić information content (AvgIpc) is 3.25. The topological polar surface area (TPSA) is 155 Å². The molecule has 0 spiro atoms. The summed E-state index contributed by atoms with van der Waals surface area (Å²) in [5, 5.41) is 8.91. The highest BCUT2D eigenvalue weighted by molar-refractivity contribution is 7.47. The van der Waals surface area contributed by atoms with Gasteiger partial charge in [-0.15, -0.1) is 0 Å². The van der Waals surface area contributed by atoms with E-state index >= 15 is 0 Å². The van der Waals surface area contributed by atoms with E-state index in [9.17, 15) is 19.0 Å². The highest BCUT2D eigenvalue weighted by Crippen LogP contribution is 2.43. The lowest BCUT2D eigenvalue weighted by atomic mass is 10.1. The first kappa shape index (κ1) is 58.9. The average molecular weight is 888 g/mol. The number of ether oxygens (including phenoxy) is 2. The van der Waals surface area contributed by atoms with Crippen LogP contribution in [0.4, 0.5) is 0 Å². The molecule has 62 heavy (non-hydrogen) atoms. The van der Waals surface area contributed by atoms with Crippen LogP contribution in [0.2, 0.25) is 0 Å². The molecule has 0 amide bonds. The van der Waals surface area contributed by atoms with Crippen molar-refractivity contribution in [2.75, 3.05) is 26.4 Å². The Morgan fingerprint density at radius 1 is 0.532 bits per heavy atom. The number of carboxylic acids is 1. The van der Waals surface area contributed by atoms with Gasteiger partial charge < -0.3 is 25.2 Å². The summed E-state index contributed by atoms with van der Waals surface area (Å²) in [6.45, 7) is 3.67. The molecule has 0 aromatic rings. The molecule has 3 atom stereocenters. The maximum atomic E-state index is 12.7. The van der Waals surface area contributed by atoms with Crippen LogP contribution in [0.3, 0.4) is 0 Å². The third kappa shape index (κ3) is 44.9. The van der Waals surface area contributed by atoms with Crippen molar-refractivity contribution < 1.29 is 42.7 Å². The van der Waals surface area contributed by atoms with Crippen molar-refractivity contribution in [1.29, 1.82) is 0 Å². The van der Waals surface area contributed by atoms with Gasteiger partial charge in [-0.05, 0) is 89.9 Å². The summed E-state index contributed by atoms with van der Waals surface area (Å²) in [7, 11) is -4.64. The van der Waals surface area contributed by atoms with E-state index in [2.05, 4.69) is 105 Å². The number of phosphoric ester groups is 1. The molecule has 11 heteroatoms. The normalized spacial score (nSPS) is 14.6. The molecule has 0 saturated heterocycles. The van der Waals surface area contributed by atoms with E-state index < -0.39 is 45.1 Å². The summed E-state index contributed by atoms with van der Waals surface area (Å²) < 4.78 is 33.4. The van der Waals surface area contributed by atoms with Crippen LogP contribution in [0.25, 0.3) is 0 Å².